The van der Waals surface area contributed by atoms with Gasteiger partial charge in [0.2, 0.25) is 0 Å². The summed E-state index contributed by atoms with van der Waals surface area (Å²) in [7, 11) is 1.23. The standard InChI is InChI=1S/C27H25BrClFN4O4/c1-27(2,3)38-26(36)32-17-8-5-15(6-9-17)13-34-14-31-24-21(34)12-18(25(35)37-4)23(22(24)30)33-20-10-7-16(28)11-19(20)29/h5-12,14,33H,13H2,1-4H3,(H,32,36). The molecule has 0 spiro atoms. The molecule has 0 bridgehead atoms. The Labute approximate surface area is 232 Å². The molecule has 0 saturated heterocycles. The van der Waals surface area contributed by atoms with Crippen LogP contribution in [0.15, 0.2) is 59.3 Å². The van der Waals surface area contributed by atoms with Crippen LogP contribution in [-0.4, -0.2) is 34.3 Å². The Hall–Kier alpha value is -3.63. The van der Waals surface area contributed by atoms with Crippen molar-refractivity contribution in [1.82, 2.24) is 9.55 Å². The number of aromatic nitrogens is 2. The summed E-state index contributed by atoms with van der Waals surface area (Å²) in [5.74, 6) is -1.43. The Kier molecular flexibility index (Phi) is 7.94. The van der Waals surface area contributed by atoms with Gasteiger partial charge in [-0.3, -0.25) is 5.32 Å². The summed E-state index contributed by atoms with van der Waals surface area (Å²) in [6, 6.07) is 13.7. The van der Waals surface area contributed by atoms with E-state index < -0.39 is 23.5 Å². The zero-order valence-electron chi connectivity index (χ0n) is 21.1. The van der Waals surface area contributed by atoms with Crippen molar-refractivity contribution >= 4 is 67.7 Å². The topological polar surface area (TPSA) is 94.5 Å². The molecule has 1 aromatic heterocycles. The number of anilines is 3. The minimum Gasteiger partial charge on any atom is -0.465 e. The van der Waals surface area contributed by atoms with Crippen molar-refractivity contribution in [2.75, 3.05) is 17.7 Å². The molecule has 0 aliphatic heterocycles. The van der Waals surface area contributed by atoms with E-state index in [-0.39, 0.29) is 16.8 Å². The van der Waals surface area contributed by atoms with Crippen molar-refractivity contribution < 1.29 is 23.5 Å². The fourth-order valence-corrected chi connectivity index (χ4v) is 4.43. The maximum atomic E-state index is 15.7. The fraction of sp³-hybridized carbons (Fsp3) is 0.222. The van der Waals surface area contributed by atoms with Crippen LogP contribution in [0.4, 0.5) is 26.2 Å². The van der Waals surface area contributed by atoms with E-state index in [4.69, 9.17) is 21.1 Å². The van der Waals surface area contributed by atoms with Gasteiger partial charge in [0.05, 0.1) is 40.9 Å². The van der Waals surface area contributed by atoms with Crippen LogP contribution in [0.1, 0.15) is 36.7 Å². The van der Waals surface area contributed by atoms with Crippen LogP contribution in [-0.2, 0) is 16.0 Å². The molecule has 0 saturated carbocycles. The van der Waals surface area contributed by atoms with Gasteiger partial charge in [-0.05, 0) is 62.7 Å². The summed E-state index contributed by atoms with van der Waals surface area (Å²) in [5, 5.41) is 5.93. The van der Waals surface area contributed by atoms with Gasteiger partial charge in [0.1, 0.15) is 11.1 Å². The molecule has 3 aromatic carbocycles. The van der Waals surface area contributed by atoms with E-state index in [1.54, 1.807) is 55.7 Å². The molecule has 0 aliphatic carbocycles. The molecule has 11 heteroatoms. The van der Waals surface area contributed by atoms with Gasteiger partial charge in [-0.25, -0.2) is 19.0 Å². The molecule has 0 fully saturated rings. The maximum Gasteiger partial charge on any atom is 0.412 e. The minimum absolute atomic E-state index is 0.00450. The van der Waals surface area contributed by atoms with E-state index in [1.165, 1.54) is 19.5 Å². The van der Waals surface area contributed by atoms with Gasteiger partial charge in [-0.1, -0.05) is 39.7 Å². The van der Waals surface area contributed by atoms with Crippen LogP contribution in [0.3, 0.4) is 0 Å². The molecule has 198 valence electrons. The number of methoxy groups -OCH3 is 1. The first-order valence-corrected chi connectivity index (χ1v) is 12.7. The predicted molar refractivity (Wildman–Crippen MR) is 149 cm³/mol. The van der Waals surface area contributed by atoms with E-state index in [2.05, 4.69) is 31.5 Å². The number of hydrogen-bond donors (Lipinski definition) is 2. The largest absolute Gasteiger partial charge is 0.465 e. The van der Waals surface area contributed by atoms with Gasteiger partial charge in [-0.15, -0.1) is 0 Å². The van der Waals surface area contributed by atoms with Gasteiger partial charge in [0.15, 0.2) is 5.82 Å². The SMILES string of the molecule is COC(=O)c1cc2c(ncn2Cc2ccc(NC(=O)OC(C)(C)C)cc2)c(F)c1Nc1ccc(Br)cc1Cl. The van der Waals surface area contributed by atoms with Crippen LogP contribution in [0.5, 0.6) is 0 Å². The zero-order chi connectivity index (χ0) is 27.6. The van der Waals surface area contributed by atoms with E-state index >= 15 is 4.39 Å². The van der Waals surface area contributed by atoms with Gasteiger partial charge in [0.25, 0.3) is 0 Å². The lowest BCUT2D eigenvalue weighted by Crippen LogP contribution is -2.27. The van der Waals surface area contributed by atoms with Gasteiger partial charge in [0, 0.05) is 16.7 Å². The van der Waals surface area contributed by atoms with Crippen molar-refractivity contribution in [3.8, 4) is 0 Å². The van der Waals surface area contributed by atoms with Gasteiger partial charge in [-0.2, -0.15) is 0 Å². The summed E-state index contributed by atoms with van der Waals surface area (Å²) in [6.07, 6.45) is 0.948. The van der Waals surface area contributed by atoms with Crippen LogP contribution < -0.4 is 10.6 Å². The number of rotatable bonds is 6. The van der Waals surface area contributed by atoms with E-state index in [0.717, 1.165) is 10.0 Å². The monoisotopic (exact) mass is 602 g/mol. The summed E-state index contributed by atoms with van der Waals surface area (Å²) in [5.41, 5.74) is 1.64. The third-order valence-electron chi connectivity index (χ3n) is 5.40. The zero-order valence-corrected chi connectivity index (χ0v) is 23.4. The first-order chi connectivity index (χ1) is 17.9. The number of fused-ring (bicyclic) bond motifs is 1. The third kappa shape index (κ3) is 6.25. The number of hydrogen-bond acceptors (Lipinski definition) is 6. The number of halogens is 3. The Balaban J connectivity index is 1.63. The lowest BCUT2D eigenvalue weighted by atomic mass is 10.1. The molecular weight excluding hydrogens is 579 g/mol. The number of nitrogens with zero attached hydrogens (tertiary/aromatic N) is 2. The van der Waals surface area contributed by atoms with Crippen LogP contribution in [0.2, 0.25) is 5.02 Å². The normalized spacial score (nSPS) is 11.3. The average molecular weight is 604 g/mol. The minimum atomic E-state index is -0.716. The van der Waals surface area contributed by atoms with Crippen molar-refractivity contribution in [3.63, 3.8) is 0 Å². The number of carbonyl (C=O) groups excluding carboxylic acids is 2. The molecule has 4 rings (SSSR count). The molecule has 1 amide bonds. The number of nitrogens with one attached hydrogen (secondary N) is 2. The number of imidazole rings is 1. The van der Waals surface area contributed by atoms with Gasteiger partial charge < -0.3 is 19.4 Å². The molecule has 38 heavy (non-hydrogen) atoms. The van der Waals surface area contributed by atoms with Crippen molar-refractivity contribution in [2.24, 2.45) is 0 Å². The predicted octanol–water partition coefficient (Wildman–Crippen LogP) is 7.52. The quantitative estimate of drug-likeness (QED) is 0.222. The molecule has 0 atom stereocenters. The second kappa shape index (κ2) is 11.0. The highest BCUT2D eigenvalue weighted by Crippen LogP contribution is 2.35. The fourth-order valence-electron chi connectivity index (χ4n) is 3.71. The highest BCUT2D eigenvalue weighted by molar-refractivity contribution is 9.10. The molecular formula is C27H25BrClFN4O4. The number of benzene rings is 3. The Bertz CT molecular complexity index is 1520. The first kappa shape index (κ1) is 27.4. The average Bonchev–Trinajstić information content (AvgIpc) is 3.24. The third-order valence-corrected chi connectivity index (χ3v) is 6.21. The number of ether oxygens (including phenoxy) is 2. The summed E-state index contributed by atoms with van der Waals surface area (Å²) in [4.78, 5) is 28.9. The van der Waals surface area contributed by atoms with Crippen molar-refractivity contribution in [2.45, 2.75) is 32.9 Å². The van der Waals surface area contributed by atoms with Crippen molar-refractivity contribution in [1.29, 1.82) is 0 Å². The van der Waals surface area contributed by atoms with Crippen LogP contribution in [0.25, 0.3) is 11.0 Å². The summed E-state index contributed by atoms with van der Waals surface area (Å²) >= 11 is 9.63. The summed E-state index contributed by atoms with van der Waals surface area (Å²) < 4.78 is 28.4. The lowest BCUT2D eigenvalue weighted by molar-refractivity contribution is 0.0599. The van der Waals surface area contributed by atoms with E-state index in [1.807, 2.05) is 12.1 Å². The second-order valence-corrected chi connectivity index (χ2v) is 10.7. The van der Waals surface area contributed by atoms with E-state index in [9.17, 15) is 9.59 Å². The second-order valence-electron chi connectivity index (χ2n) is 9.42. The van der Waals surface area contributed by atoms with Crippen LogP contribution in [0, 0.1) is 5.82 Å². The highest BCUT2D eigenvalue weighted by atomic mass is 79.9. The highest BCUT2D eigenvalue weighted by Gasteiger charge is 2.23. The Morgan fingerprint density at radius 3 is 2.47 bits per heavy atom. The smallest absolute Gasteiger partial charge is 0.412 e. The molecule has 0 unspecified atom stereocenters. The Morgan fingerprint density at radius 1 is 1.13 bits per heavy atom. The number of amides is 1. The molecule has 0 radical (unpaired) electrons. The van der Waals surface area contributed by atoms with Gasteiger partial charge >= 0.3 is 12.1 Å². The van der Waals surface area contributed by atoms with Crippen molar-refractivity contribution in [3.05, 3.63) is 81.3 Å². The molecule has 4 aromatic rings. The number of carbonyl (C=O) groups is 2. The molecule has 0 aliphatic rings. The summed E-state index contributed by atoms with van der Waals surface area (Å²) in [6.45, 7) is 5.70. The first-order valence-electron chi connectivity index (χ1n) is 11.5. The molecule has 2 N–H and O–H groups in total. The van der Waals surface area contributed by atoms with E-state index in [0.29, 0.717) is 28.5 Å². The van der Waals surface area contributed by atoms with Crippen LogP contribution >= 0.6 is 27.5 Å². The molecule has 1 heterocycles. The lowest BCUT2D eigenvalue weighted by Gasteiger charge is -2.19. The Morgan fingerprint density at radius 2 is 1.84 bits per heavy atom. The maximum absolute atomic E-state index is 15.7. The number of esters is 1. The molecule has 8 nitrogen and oxygen atoms in total.